The van der Waals surface area contributed by atoms with E-state index in [4.69, 9.17) is 5.84 Å². The van der Waals surface area contributed by atoms with E-state index >= 15 is 0 Å². The number of sulfonamides is 1. The van der Waals surface area contributed by atoms with Crippen LogP contribution < -0.4 is 11.3 Å². The minimum absolute atomic E-state index is 0.0663. The highest BCUT2D eigenvalue weighted by Crippen LogP contribution is 2.32. The molecule has 0 saturated carbocycles. The zero-order valence-corrected chi connectivity index (χ0v) is 14.4. The number of pyridine rings is 1. The molecule has 0 amide bonds. The maximum absolute atomic E-state index is 12.8. The van der Waals surface area contributed by atoms with Crippen LogP contribution in [0.5, 0.6) is 0 Å². The number of aromatic nitrogens is 1. The van der Waals surface area contributed by atoms with Gasteiger partial charge in [0.15, 0.2) is 5.82 Å². The fourth-order valence-corrected chi connectivity index (χ4v) is 5.71. The van der Waals surface area contributed by atoms with Crippen molar-refractivity contribution in [2.75, 3.05) is 17.7 Å². The third-order valence-corrected chi connectivity index (χ3v) is 7.14. The standard InChI is InChI=1S/C11H17BrN4O2S2/c1-7-8(2)19-4-3-16(7)20(17,18)10-5-9(12)6-14-11(10)15-13/h5-8H,3-4,13H2,1-2H3,(H,14,15). The lowest BCUT2D eigenvalue weighted by molar-refractivity contribution is 0.340. The van der Waals surface area contributed by atoms with E-state index in [1.807, 2.05) is 13.8 Å². The first-order chi connectivity index (χ1) is 9.37. The van der Waals surface area contributed by atoms with Crippen molar-refractivity contribution in [3.05, 3.63) is 16.7 Å². The van der Waals surface area contributed by atoms with Crippen molar-refractivity contribution < 1.29 is 8.42 Å². The van der Waals surface area contributed by atoms with E-state index in [9.17, 15) is 8.42 Å². The van der Waals surface area contributed by atoms with Gasteiger partial charge in [0.1, 0.15) is 4.90 Å². The number of rotatable bonds is 3. The summed E-state index contributed by atoms with van der Waals surface area (Å²) in [5.41, 5.74) is 2.35. The molecule has 1 aromatic rings. The number of nitrogen functional groups attached to an aromatic ring is 1. The quantitative estimate of drug-likeness (QED) is 0.612. The molecule has 2 unspecified atom stereocenters. The fraction of sp³-hybridized carbons (Fsp3) is 0.545. The predicted octanol–water partition coefficient (Wildman–Crippen LogP) is 1.64. The van der Waals surface area contributed by atoms with Gasteiger partial charge in [0, 0.05) is 34.3 Å². The van der Waals surface area contributed by atoms with Crippen molar-refractivity contribution in [2.45, 2.75) is 30.0 Å². The van der Waals surface area contributed by atoms with Crippen molar-refractivity contribution >= 4 is 43.5 Å². The summed E-state index contributed by atoms with van der Waals surface area (Å²) in [6.07, 6.45) is 1.51. The van der Waals surface area contributed by atoms with Gasteiger partial charge in [-0.1, -0.05) is 6.92 Å². The molecule has 3 N–H and O–H groups in total. The summed E-state index contributed by atoms with van der Waals surface area (Å²) < 4.78 is 27.8. The average molecular weight is 381 g/mol. The first-order valence-corrected chi connectivity index (χ1v) is 9.41. The number of nitrogens with zero attached hydrogens (tertiary/aromatic N) is 2. The Labute approximate surface area is 131 Å². The Hall–Kier alpha value is -0.350. The van der Waals surface area contributed by atoms with E-state index in [1.165, 1.54) is 16.6 Å². The summed E-state index contributed by atoms with van der Waals surface area (Å²) in [6.45, 7) is 4.46. The van der Waals surface area contributed by atoms with Crippen LogP contribution in [0, 0.1) is 0 Å². The second-order valence-electron chi connectivity index (χ2n) is 4.58. The largest absolute Gasteiger partial charge is 0.307 e. The van der Waals surface area contributed by atoms with E-state index in [0.717, 1.165) is 5.75 Å². The highest BCUT2D eigenvalue weighted by atomic mass is 79.9. The smallest absolute Gasteiger partial charge is 0.247 e. The average Bonchev–Trinajstić information content (AvgIpc) is 2.41. The van der Waals surface area contributed by atoms with Crippen LogP contribution in [-0.4, -0.2) is 41.3 Å². The maximum atomic E-state index is 12.8. The van der Waals surface area contributed by atoms with Gasteiger partial charge in [0.25, 0.3) is 0 Å². The van der Waals surface area contributed by atoms with Gasteiger partial charge < -0.3 is 5.43 Å². The lowest BCUT2D eigenvalue weighted by Crippen LogP contribution is -2.48. The monoisotopic (exact) mass is 380 g/mol. The van der Waals surface area contributed by atoms with Gasteiger partial charge in [-0.3, -0.25) is 0 Å². The number of thioether (sulfide) groups is 1. The van der Waals surface area contributed by atoms with Crippen LogP contribution in [0.1, 0.15) is 13.8 Å². The minimum Gasteiger partial charge on any atom is -0.307 e. The van der Waals surface area contributed by atoms with Crippen LogP contribution in [0.25, 0.3) is 0 Å². The number of anilines is 1. The van der Waals surface area contributed by atoms with Crippen LogP contribution in [-0.2, 0) is 10.0 Å². The van der Waals surface area contributed by atoms with Crippen molar-refractivity contribution in [1.29, 1.82) is 0 Å². The molecular weight excluding hydrogens is 364 g/mol. The summed E-state index contributed by atoms with van der Waals surface area (Å²) in [6, 6.07) is 1.46. The minimum atomic E-state index is -3.62. The number of halogens is 1. The third kappa shape index (κ3) is 2.96. The van der Waals surface area contributed by atoms with E-state index in [-0.39, 0.29) is 22.0 Å². The summed E-state index contributed by atoms with van der Waals surface area (Å²) in [5.74, 6) is 6.32. The molecule has 0 spiro atoms. The molecule has 1 aliphatic rings. The number of hydrazine groups is 1. The van der Waals surface area contributed by atoms with Crippen LogP contribution >= 0.6 is 27.7 Å². The highest BCUT2D eigenvalue weighted by Gasteiger charge is 2.36. The summed E-state index contributed by atoms with van der Waals surface area (Å²) in [5, 5.41) is 0.257. The van der Waals surface area contributed by atoms with Crippen LogP contribution in [0.2, 0.25) is 0 Å². The molecule has 0 bridgehead atoms. The van der Waals surface area contributed by atoms with Gasteiger partial charge >= 0.3 is 0 Å². The van der Waals surface area contributed by atoms with E-state index in [1.54, 1.807) is 11.8 Å². The van der Waals surface area contributed by atoms with Crippen molar-refractivity contribution in [3.8, 4) is 0 Å². The molecule has 2 atom stereocenters. The summed E-state index contributed by atoms with van der Waals surface area (Å²) in [4.78, 5) is 4.11. The molecule has 9 heteroatoms. The van der Waals surface area contributed by atoms with E-state index in [0.29, 0.717) is 11.0 Å². The molecule has 1 fully saturated rings. The first kappa shape index (κ1) is 16.0. The Morgan fingerprint density at radius 2 is 2.25 bits per heavy atom. The Bertz CT molecular complexity index is 596. The highest BCUT2D eigenvalue weighted by molar-refractivity contribution is 9.10. The van der Waals surface area contributed by atoms with Gasteiger partial charge in [0.2, 0.25) is 10.0 Å². The second-order valence-corrected chi connectivity index (χ2v) is 8.84. The van der Waals surface area contributed by atoms with E-state index < -0.39 is 10.0 Å². The molecule has 0 aromatic carbocycles. The molecule has 0 radical (unpaired) electrons. The second kappa shape index (κ2) is 6.18. The third-order valence-electron chi connectivity index (χ3n) is 3.37. The maximum Gasteiger partial charge on any atom is 0.247 e. The Morgan fingerprint density at radius 3 is 2.90 bits per heavy atom. The molecule has 1 aromatic heterocycles. The van der Waals surface area contributed by atoms with Crippen LogP contribution in [0.3, 0.4) is 0 Å². The summed E-state index contributed by atoms with van der Waals surface area (Å²) in [7, 11) is -3.62. The molecule has 20 heavy (non-hydrogen) atoms. The molecule has 2 rings (SSSR count). The van der Waals surface area contributed by atoms with Crippen molar-refractivity contribution in [1.82, 2.24) is 9.29 Å². The molecule has 6 nitrogen and oxygen atoms in total. The van der Waals surface area contributed by atoms with Gasteiger partial charge in [-0.25, -0.2) is 19.2 Å². The Balaban J connectivity index is 2.47. The van der Waals surface area contributed by atoms with Crippen molar-refractivity contribution in [2.24, 2.45) is 5.84 Å². The SMILES string of the molecule is CC1SCCN(S(=O)(=O)c2cc(Br)cnc2NN)C1C. The number of hydrogen-bond donors (Lipinski definition) is 2. The molecular formula is C11H17BrN4O2S2. The van der Waals surface area contributed by atoms with E-state index in [2.05, 4.69) is 26.3 Å². The Morgan fingerprint density at radius 1 is 1.55 bits per heavy atom. The Kier molecular flexibility index (Phi) is 4.96. The van der Waals surface area contributed by atoms with Gasteiger partial charge in [0.05, 0.1) is 0 Å². The number of nitrogens with two attached hydrogens (primary N) is 1. The lowest BCUT2D eigenvalue weighted by atomic mass is 10.2. The van der Waals surface area contributed by atoms with Gasteiger partial charge in [-0.2, -0.15) is 16.1 Å². The van der Waals surface area contributed by atoms with Crippen LogP contribution in [0.4, 0.5) is 5.82 Å². The van der Waals surface area contributed by atoms with Crippen LogP contribution in [0.15, 0.2) is 21.6 Å². The zero-order valence-electron chi connectivity index (χ0n) is 11.2. The van der Waals surface area contributed by atoms with Gasteiger partial charge in [-0.15, -0.1) is 0 Å². The fourth-order valence-electron chi connectivity index (χ4n) is 2.10. The predicted molar refractivity (Wildman–Crippen MR) is 85.0 cm³/mol. The molecule has 1 saturated heterocycles. The normalized spacial score (nSPS) is 24.6. The lowest BCUT2D eigenvalue weighted by Gasteiger charge is -2.36. The van der Waals surface area contributed by atoms with Crippen molar-refractivity contribution in [3.63, 3.8) is 0 Å². The summed E-state index contributed by atoms with van der Waals surface area (Å²) >= 11 is 5.03. The number of hydrogen-bond acceptors (Lipinski definition) is 6. The number of nitrogens with one attached hydrogen (secondary N) is 1. The topological polar surface area (TPSA) is 88.3 Å². The molecule has 0 aliphatic carbocycles. The van der Waals surface area contributed by atoms with Gasteiger partial charge in [-0.05, 0) is 28.9 Å². The molecule has 1 aliphatic heterocycles. The molecule has 2 heterocycles. The first-order valence-electron chi connectivity index (χ1n) is 6.13. The molecule has 112 valence electrons. The zero-order chi connectivity index (χ0) is 14.9.